The molecular formula is C17H14N4O2S. The number of carbonyl (C=O) groups excluding carboxylic acids is 1. The Morgan fingerprint density at radius 3 is 3.00 bits per heavy atom. The molecular weight excluding hydrogens is 324 g/mol. The number of ether oxygens (including phenoxy) is 1. The highest BCUT2D eigenvalue weighted by molar-refractivity contribution is 7.13. The van der Waals surface area contributed by atoms with Crippen LogP contribution in [0.4, 0.5) is 11.5 Å². The second-order valence-electron chi connectivity index (χ2n) is 5.42. The third-order valence-corrected chi connectivity index (χ3v) is 4.77. The van der Waals surface area contributed by atoms with Gasteiger partial charge < -0.3 is 15.8 Å². The average molecular weight is 338 g/mol. The van der Waals surface area contributed by atoms with Gasteiger partial charge in [0.2, 0.25) is 0 Å². The lowest BCUT2D eigenvalue weighted by Crippen LogP contribution is -2.26. The van der Waals surface area contributed by atoms with E-state index in [1.54, 1.807) is 6.20 Å². The van der Waals surface area contributed by atoms with Gasteiger partial charge >= 0.3 is 0 Å². The molecule has 4 rings (SSSR count). The quantitative estimate of drug-likeness (QED) is 0.749. The Morgan fingerprint density at radius 1 is 1.29 bits per heavy atom. The summed E-state index contributed by atoms with van der Waals surface area (Å²) in [5.74, 6) is 0.994. The van der Waals surface area contributed by atoms with E-state index in [2.05, 4.69) is 15.3 Å². The van der Waals surface area contributed by atoms with E-state index >= 15 is 0 Å². The van der Waals surface area contributed by atoms with E-state index in [4.69, 9.17) is 10.5 Å². The van der Waals surface area contributed by atoms with E-state index in [1.807, 2.05) is 36.6 Å². The summed E-state index contributed by atoms with van der Waals surface area (Å²) in [6.45, 7) is 1.99. The van der Waals surface area contributed by atoms with E-state index in [9.17, 15) is 4.79 Å². The molecule has 0 aliphatic carbocycles. The maximum atomic E-state index is 11.6. The molecule has 0 saturated heterocycles. The highest BCUT2D eigenvalue weighted by Crippen LogP contribution is 2.39. The van der Waals surface area contributed by atoms with Crippen LogP contribution >= 0.6 is 11.3 Å². The van der Waals surface area contributed by atoms with Crippen molar-refractivity contribution in [3.05, 3.63) is 41.4 Å². The monoisotopic (exact) mass is 338 g/mol. The molecule has 6 nitrogen and oxygen atoms in total. The lowest BCUT2D eigenvalue weighted by atomic mass is 10.0. The molecule has 0 fully saturated rings. The number of nitrogen functional groups attached to an aromatic ring is 1. The number of hydrogen-bond acceptors (Lipinski definition) is 6. The summed E-state index contributed by atoms with van der Waals surface area (Å²) in [7, 11) is 0. The maximum Gasteiger partial charge on any atom is 0.262 e. The Labute approximate surface area is 142 Å². The summed E-state index contributed by atoms with van der Waals surface area (Å²) in [6, 6.07) is 7.55. The van der Waals surface area contributed by atoms with Crippen molar-refractivity contribution in [2.24, 2.45) is 0 Å². The van der Waals surface area contributed by atoms with E-state index in [0.29, 0.717) is 17.3 Å². The first-order valence-electron chi connectivity index (χ1n) is 7.36. The Bertz CT molecular complexity index is 952. The van der Waals surface area contributed by atoms with Crippen LogP contribution in [0.2, 0.25) is 0 Å². The molecule has 0 radical (unpaired) electrons. The summed E-state index contributed by atoms with van der Waals surface area (Å²) in [4.78, 5) is 20.4. The minimum Gasteiger partial charge on any atom is -0.482 e. The molecule has 7 heteroatoms. The first kappa shape index (κ1) is 14.6. The predicted molar refractivity (Wildman–Crippen MR) is 94.1 cm³/mol. The van der Waals surface area contributed by atoms with Gasteiger partial charge in [-0.05, 0) is 36.8 Å². The molecule has 120 valence electrons. The third kappa shape index (κ3) is 2.39. The number of carbonyl (C=O) groups is 1. The molecule has 1 aliphatic rings. The minimum absolute atomic E-state index is 0.0485. The summed E-state index contributed by atoms with van der Waals surface area (Å²) in [5.41, 5.74) is 10.2. The zero-order chi connectivity index (χ0) is 16.7. The van der Waals surface area contributed by atoms with Gasteiger partial charge in [-0.15, -0.1) is 11.3 Å². The molecule has 3 N–H and O–H groups in total. The van der Waals surface area contributed by atoms with Gasteiger partial charge in [-0.25, -0.2) is 9.97 Å². The SMILES string of the molecule is Cc1c(-c2csc(-c3cccnc3N)n2)ccc2c1NC(=O)CO2. The van der Waals surface area contributed by atoms with Crippen LogP contribution in [0.15, 0.2) is 35.8 Å². The van der Waals surface area contributed by atoms with Gasteiger partial charge in [0.05, 0.1) is 16.9 Å². The molecule has 24 heavy (non-hydrogen) atoms. The van der Waals surface area contributed by atoms with Crippen molar-refractivity contribution in [3.8, 4) is 27.6 Å². The molecule has 0 saturated carbocycles. The lowest BCUT2D eigenvalue weighted by Gasteiger charge is -2.21. The molecule has 0 bridgehead atoms. The maximum absolute atomic E-state index is 11.6. The van der Waals surface area contributed by atoms with Crippen molar-refractivity contribution in [1.29, 1.82) is 0 Å². The number of aromatic nitrogens is 2. The fourth-order valence-electron chi connectivity index (χ4n) is 2.68. The number of hydrogen-bond donors (Lipinski definition) is 2. The lowest BCUT2D eigenvalue weighted by molar-refractivity contribution is -0.118. The van der Waals surface area contributed by atoms with Crippen LogP contribution in [0.25, 0.3) is 21.8 Å². The second-order valence-corrected chi connectivity index (χ2v) is 6.28. The average Bonchev–Trinajstić information content (AvgIpc) is 3.06. The van der Waals surface area contributed by atoms with Gasteiger partial charge in [-0.2, -0.15) is 0 Å². The van der Waals surface area contributed by atoms with E-state index in [-0.39, 0.29) is 12.5 Å². The van der Waals surface area contributed by atoms with Crippen molar-refractivity contribution < 1.29 is 9.53 Å². The molecule has 3 aromatic rings. The summed E-state index contributed by atoms with van der Waals surface area (Å²) in [5, 5.41) is 5.65. The van der Waals surface area contributed by atoms with Gasteiger partial charge in [-0.1, -0.05) is 0 Å². The standard InChI is InChI=1S/C17H14N4O2S/c1-9-10(4-5-13-15(9)21-14(22)7-23-13)12-8-24-17(20-12)11-3-2-6-19-16(11)18/h2-6,8H,7H2,1H3,(H2,18,19)(H,21,22). The molecule has 1 aromatic carbocycles. The van der Waals surface area contributed by atoms with Crippen LogP contribution in [0.3, 0.4) is 0 Å². The first-order chi connectivity index (χ1) is 11.6. The molecule has 0 atom stereocenters. The highest BCUT2D eigenvalue weighted by atomic mass is 32.1. The predicted octanol–water partition coefficient (Wildman–Crippen LogP) is 3.09. The normalized spacial score (nSPS) is 13.1. The van der Waals surface area contributed by atoms with Gasteiger partial charge in [0.25, 0.3) is 5.91 Å². The number of amides is 1. The van der Waals surface area contributed by atoms with Crippen molar-refractivity contribution in [3.63, 3.8) is 0 Å². The number of nitrogens with zero attached hydrogens (tertiary/aromatic N) is 2. The fraction of sp³-hybridized carbons (Fsp3) is 0.118. The van der Waals surface area contributed by atoms with Crippen molar-refractivity contribution in [2.45, 2.75) is 6.92 Å². The van der Waals surface area contributed by atoms with Gasteiger partial charge in [0, 0.05) is 17.1 Å². The van der Waals surface area contributed by atoms with Crippen molar-refractivity contribution in [2.75, 3.05) is 17.7 Å². The van der Waals surface area contributed by atoms with Crippen LogP contribution in [0, 0.1) is 6.92 Å². The number of nitrogens with two attached hydrogens (primary N) is 1. The third-order valence-electron chi connectivity index (χ3n) is 3.90. The number of thiazole rings is 1. The largest absolute Gasteiger partial charge is 0.482 e. The number of pyridine rings is 1. The topological polar surface area (TPSA) is 90.1 Å². The smallest absolute Gasteiger partial charge is 0.262 e. The summed E-state index contributed by atoms with van der Waals surface area (Å²) < 4.78 is 5.44. The van der Waals surface area contributed by atoms with Crippen LogP contribution in [-0.4, -0.2) is 22.5 Å². The van der Waals surface area contributed by atoms with Crippen molar-refractivity contribution >= 4 is 28.7 Å². The number of anilines is 2. The highest BCUT2D eigenvalue weighted by Gasteiger charge is 2.21. The number of nitrogens with one attached hydrogen (secondary N) is 1. The first-order valence-corrected chi connectivity index (χ1v) is 8.24. The zero-order valence-electron chi connectivity index (χ0n) is 12.9. The Balaban J connectivity index is 1.77. The van der Waals surface area contributed by atoms with E-state index in [0.717, 1.165) is 27.4 Å². The van der Waals surface area contributed by atoms with Crippen LogP contribution in [0.1, 0.15) is 5.56 Å². The molecule has 0 unspecified atom stereocenters. The Morgan fingerprint density at radius 2 is 2.17 bits per heavy atom. The molecule has 1 amide bonds. The van der Waals surface area contributed by atoms with Crippen molar-refractivity contribution in [1.82, 2.24) is 9.97 Å². The van der Waals surface area contributed by atoms with Crippen LogP contribution < -0.4 is 15.8 Å². The van der Waals surface area contributed by atoms with Crippen LogP contribution in [0.5, 0.6) is 5.75 Å². The van der Waals surface area contributed by atoms with E-state index < -0.39 is 0 Å². The number of fused-ring (bicyclic) bond motifs is 1. The zero-order valence-corrected chi connectivity index (χ0v) is 13.7. The number of benzene rings is 1. The molecule has 0 spiro atoms. The Hall–Kier alpha value is -2.93. The summed E-state index contributed by atoms with van der Waals surface area (Å²) >= 11 is 1.51. The molecule has 1 aliphatic heterocycles. The van der Waals surface area contributed by atoms with Gasteiger partial charge in [0.15, 0.2) is 6.61 Å². The second kappa shape index (κ2) is 5.61. The van der Waals surface area contributed by atoms with E-state index in [1.165, 1.54) is 11.3 Å². The van der Waals surface area contributed by atoms with Gasteiger partial charge in [-0.3, -0.25) is 4.79 Å². The fourth-order valence-corrected chi connectivity index (χ4v) is 3.53. The molecule has 3 heterocycles. The molecule has 2 aromatic heterocycles. The minimum atomic E-state index is -0.148. The summed E-state index contributed by atoms with van der Waals surface area (Å²) in [6.07, 6.45) is 1.66. The number of rotatable bonds is 2. The van der Waals surface area contributed by atoms with Crippen LogP contribution in [-0.2, 0) is 4.79 Å². The Kier molecular flexibility index (Phi) is 3.42. The van der Waals surface area contributed by atoms with Gasteiger partial charge in [0.1, 0.15) is 16.6 Å².